The maximum atomic E-state index is 12.4. The summed E-state index contributed by atoms with van der Waals surface area (Å²) in [5.41, 5.74) is 6.81. The second-order valence-corrected chi connectivity index (χ2v) is 5.28. The number of benzene rings is 1. The third-order valence-corrected chi connectivity index (χ3v) is 3.08. The highest BCUT2D eigenvalue weighted by atomic mass is 16.5. The van der Waals surface area contributed by atoms with Gasteiger partial charge in [-0.3, -0.25) is 4.79 Å². The third kappa shape index (κ3) is 4.56. The van der Waals surface area contributed by atoms with Crippen molar-refractivity contribution in [1.29, 1.82) is 0 Å². The maximum Gasteiger partial charge on any atom is 0.229 e. The molecule has 0 aliphatic rings. The Kier molecular flexibility index (Phi) is 5.36. The van der Waals surface area contributed by atoms with Crippen molar-refractivity contribution < 1.29 is 9.53 Å². The topological polar surface area (TPSA) is 55.6 Å². The number of anilines is 2. The molecule has 2 N–H and O–H groups in total. The first-order valence-electron chi connectivity index (χ1n) is 6.60. The Morgan fingerprint density at radius 3 is 2.37 bits per heavy atom. The predicted octanol–water partition coefficient (Wildman–Crippen LogP) is 2.83. The van der Waals surface area contributed by atoms with Gasteiger partial charge in [-0.1, -0.05) is 6.92 Å². The van der Waals surface area contributed by atoms with Gasteiger partial charge >= 0.3 is 0 Å². The van der Waals surface area contributed by atoms with Gasteiger partial charge in [0.05, 0.1) is 12.0 Å². The molecule has 0 atom stereocenters. The number of nitrogen functional groups attached to an aromatic ring is 1. The molecular weight excluding hydrogens is 240 g/mol. The lowest BCUT2D eigenvalue weighted by atomic mass is 10.0. The average Bonchev–Trinajstić information content (AvgIpc) is 2.36. The molecule has 0 radical (unpaired) electrons. The number of nitrogens with zero attached hydrogens (tertiary/aromatic N) is 1. The zero-order valence-electron chi connectivity index (χ0n) is 12.3. The summed E-state index contributed by atoms with van der Waals surface area (Å²) < 4.78 is 5.32. The van der Waals surface area contributed by atoms with E-state index in [0.29, 0.717) is 18.7 Å². The minimum atomic E-state index is -0.448. The highest BCUT2D eigenvalue weighted by Gasteiger charge is 2.25. The van der Waals surface area contributed by atoms with Crippen LogP contribution in [0.5, 0.6) is 0 Å². The normalized spacial score (nSPS) is 11.4. The number of nitrogens with two attached hydrogens (primary N) is 1. The number of hydrogen-bond acceptors (Lipinski definition) is 3. The first kappa shape index (κ1) is 15.5. The fraction of sp³-hybridized carbons (Fsp3) is 0.533. The van der Waals surface area contributed by atoms with Crippen LogP contribution in [0.4, 0.5) is 11.4 Å². The van der Waals surface area contributed by atoms with Gasteiger partial charge in [0, 0.05) is 25.0 Å². The molecule has 0 aliphatic heterocycles. The van der Waals surface area contributed by atoms with E-state index in [4.69, 9.17) is 10.5 Å². The highest BCUT2D eigenvalue weighted by Crippen LogP contribution is 2.21. The molecular formula is C15H24N2O2. The zero-order valence-corrected chi connectivity index (χ0v) is 12.3. The van der Waals surface area contributed by atoms with Gasteiger partial charge in [0.25, 0.3) is 0 Å². The number of methoxy groups -OCH3 is 1. The van der Waals surface area contributed by atoms with Crippen molar-refractivity contribution in [1.82, 2.24) is 0 Å². The Balaban J connectivity index is 2.88. The number of amides is 1. The Morgan fingerprint density at radius 2 is 1.89 bits per heavy atom. The van der Waals surface area contributed by atoms with Gasteiger partial charge in [-0.25, -0.2) is 0 Å². The summed E-state index contributed by atoms with van der Waals surface area (Å²) in [7, 11) is 1.63. The molecule has 0 fully saturated rings. The zero-order chi connectivity index (χ0) is 14.5. The Labute approximate surface area is 115 Å². The summed E-state index contributed by atoms with van der Waals surface area (Å²) in [4.78, 5) is 14.2. The molecule has 1 aromatic carbocycles. The third-order valence-electron chi connectivity index (χ3n) is 3.08. The lowest BCUT2D eigenvalue weighted by Gasteiger charge is -2.28. The molecule has 1 amide bonds. The van der Waals surface area contributed by atoms with Crippen molar-refractivity contribution in [3.8, 4) is 0 Å². The van der Waals surface area contributed by atoms with Gasteiger partial charge in [-0.2, -0.15) is 0 Å². The molecule has 0 unspecified atom stereocenters. The van der Waals surface area contributed by atoms with Crippen LogP contribution in [0.25, 0.3) is 0 Å². The maximum absolute atomic E-state index is 12.4. The van der Waals surface area contributed by atoms with Crippen LogP contribution in [0.2, 0.25) is 0 Å². The van der Waals surface area contributed by atoms with Crippen molar-refractivity contribution in [2.75, 3.05) is 24.3 Å². The summed E-state index contributed by atoms with van der Waals surface area (Å²) in [5.74, 6) is 0.0680. The second kappa shape index (κ2) is 6.57. The molecule has 0 saturated carbocycles. The van der Waals surface area contributed by atoms with Crippen LogP contribution in [-0.4, -0.2) is 25.2 Å². The quantitative estimate of drug-likeness (QED) is 0.804. The molecule has 1 aromatic rings. The first-order chi connectivity index (χ1) is 8.89. The number of hydrogen-bond donors (Lipinski definition) is 1. The highest BCUT2D eigenvalue weighted by molar-refractivity contribution is 5.94. The first-order valence-corrected chi connectivity index (χ1v) is 6.60. The standard InChI is InChI=1S/C15H24N2O2/c1-5-10-17(13-8-6-12(16)7-9-13)14(18)11-15(2,3)19-4/h6-9H,5,10-11,16H2,1-4H3. The Hall–Kier alpha value is -1.55. The van der Waals surface area contributed by atoms with Gasteiger partial charge in [0.1, 0.15) is 0 Å². The van der Waals surface area contributed by atoms with Crippen molar-refractivity contribution in [2.45, 2.75) is 39.2 Å². The molecule has 4 heteroatoms. The fourth-order valence-electron chi connectivity index (χ4n) is 1.81. The van der Waals surface area contributed by atoms with Crippen LogP contribution in [0.3, 0.4) is 0 Å². The minimum absolute atomic E-state index is 0.0680. The van der Waals surface area contributed by atoms with E-state index in [1.807, 2.05) is 38.1 Å². The summed E-state index contributed by atoms with van der Waals surface area (Å²) in [6.45, 7) is 6.58. The van der Waals surface area contributed by atoms with E-state index in [-0.39, 0.29) is 5.91 Å². The van der Waals surface area contributed by atoms with E-state index in [1.165, 1.54) is 0 Å². The van der Waals surface area contributed by atoms with E-state index >= 15 is 0 Å². The lowest BCUT2D eigenvalue weighted by Crippen LogP contribution is -2.38. The van der Waals surface area contributed by atoms with Gasteiger partial charge in [0.2, 0.25) is 5.91 Å². The summed E-state index contributed by atoms with van der Waals surface area (Å²) in [5, 5.41) is 0. The smallest absolute Gasteiger partial charge is 0.229 e. The molecule has 0 bridgehead atoms. The van der Waals surface area contributed by atoms with Crippen LogP contribution in [0.1, 0.15) is 33.6 Å². The number of carbonyl (C=O) groups is 1. The SMILES string of the molecule is CCCN(C(=O)CC(C)(C)OC)c1ccc(N)cc1. The fourth-order valence-corrected chi connectivity index (χ4v) is 1.81. The summed E-state index contributed by atoms with van der Waals surface area (Å²) in [6.07, 6.45) is 1.26. The van der Waals surface area contributed by atoms with E-state index < -0.39 is 5.60 Å². The van der Waals surface area contributed by atoms with Crippen LogP contribution in [0.15, 0.2) is 24.3 Å². The largest absolute Gasteiger partial charge is 0.399 e. The van der Waals surface area contributed by atoms with E-state index in [0.717, 1.165) is 12.1 Å². The molecule has 1 rings (SSSR count). The van der Waals surface area contributed by atoms with Crippen molar-refractivity contribution in [3.63, 3.8) is 0 Å². The lowest BCUT2D eigenvalue weighted by molar-refractivity contribution is -0.123. The van der Waals surface area contributed by atoms with Gasteiger partial charge in [-0.15, -0.1) is 0 Å². The number of rotatable bonds is 6. The van der Waals surface area contributed by atoms with Gasteiger partial charge in [-0.05, 0) is 44.5 Å². The molecule has 106 valence electrons. The van der Waals surface area contributed by atoms with Crippen LogP contribution in [-0.2, 0) is 9.53 Å². The van der Waals surface area contributed by atoms with E-state index in [2.05, 4.69) is 6.92 Å². The second-order valence-electron chi connectivity index (χ2n) is 5.28. The van der Waals surface area contributed by atoms with E-state index in [1.54, 1.807) is 12.0 Å². The number of carbonyl (C=O) groups excluding carboxylic acids is 1. The molecule has 0 saturated heterocycles. The van der Waals surface area contributed by atoms with Crippen LogP contribution in [0, 0.1) is 0 Å². The molecule has 0 aliphatic carbocycles. The molecule has 19 heavy (non-hydrogen) atoms. The van der Waals surface area contributed by atoms with Crippen LogP contribution < -0.4 is 10.6 Å². The molecule has 4 nitrogen and oxygen atoms in total. The van der Waals surface area contributed by atoms with Crippen molar-refractivity contribution >= 4 is 17.3 Å². The minimum Gasteiger partial charge on any atom is -0.399 e. The van der Waals surface area contributed by atoms with Gasteiger partial charge in [0.15, 0.2) is 0 Å². The van der Waals surface area contributed by atoms with Crippen molar-refractivity contribution in [2.24, 2.45) is 0 Å². The Morgan fingerprint density at radius 1 is 1.32 bits per heavy atom. The van der Waals surface area contributed by atoms with Crippen LogP contribution >= 0.6 is 0 Å². The molecule has 0 heterocycles. The predicted molar refractivity (Wildman–Crippen MR) is 79.2 cm³/mol. The molecule has 0 spiro atoms. The van der Waals surface area contributed by atoms with E-state index in [9.17, 15) is 4.79 Å². The summed E-state index contributed by atoms with van der Waals surface area (Å²) >= 11 is 0. The summed E-state index contributed by atoms with van der Waals surface area (Å²) in [6, 6.07) is 7.38. The number of ether oxygens (including phenoxy) is 1. The monoisotopic (exact) mass is 264 g/mol. The van der Waals surface area contributed by atoms with Gasteiger partial charge < -0.3 is 15.4 Å². The molecule has 0 aromatic heterocycles. The Bertz CT molecular complexity index is 413. The average molecular weight is 264 g/mol. The van der Waals surface area contributed by atoms with Crippen molar-refractivity contribution in [3.05, 3.63) is 24.3 Å².